The molecule has 6 heteroatoms. The molecule has 0 amide bonds. The summed E-state index contributed by atoms with van der Waals surface area (Å²) in [7, 11) is 0. The summed E-state index contributed by atoms with van der Waals surface area (Å²) in [5.74, 6) is 0. The van der Waals surface area contributed by atoms with Gasteiger partial charge in [-0.2, -0.15) is 13.2 Å². The SMILES string of the molecule is CC(C)NCc1ccc(-n2ccnc2)cc1C(F)(F)F. The minimum Gasteiger partial charge on any atom is -0.310 e. The lowest BCUT2D eigenvalue weighted by Crippen LogP contribution is -2.24. The van der Waals surface area contributed by atoms with Crippen molar-refractivity contribution in [3.8, 4) is 5.69 Å². The molecular weight excluding hydrogens is 267 g/mol. The Morgan fingerprint density at radius 3 is 2.60 bits per heavy atom. The number of nitrogens with one attached hydrogen (secondary N) is 1. The summed E-state index contributed by atoms with van der Waals surface area (Å²) >= 11 is 0. The zero-order valence-electron chi connectivity index (χ0n) is 11.3. The highest BCUT2D eigenvalue weighted by atomic mass is 19.4. The highest BCUT2D eigenvalue weighted by Crippen LogP contribution is 2.33. The number of rotatable bonds is 4. The van der Waals surface area contributed by atoms with Gasteiger partial charge in [0, 0.05) is 30.7 Å². The number of nitrogens with zero attached hydrogens (tertiary/aromatic N) is 2. The number of imidazole rings is 1. The Morgan fingerprint density at radius 2 is 2.05 bits per heavy atom. The molecule has 0 aliphatic rings. The van der Waals surface area contributed by atoms with Crippen LogP contribution in [0.4, 0.5) is 13.2 Å². The minimum absolute atomic E-state index is 0.129. The van der Waals surface area contributed by atoms with Crippen LogP contribution in [-0.2, 0) is 12.7 Å². The van der Waals surface area contributed by atoms with E-state index < -0.39 is 11.7 Å². The molecule has 0 saturated heterocycles. The molecule has 0 aliphatic heterocycles. The summed E-state index contributed by atoms with van der Waals surface area (Å²) in [6.07, 6.45) is 0.245. The van der Waals surface area contributed by atoms with E-state index in [2.05, 4.69) is 10.3 Å². The molecule has 0 unspecified atom stereocenters. The summed E-state index contributed by atoms with van der Waals surface area (Å²) in [6, 6.07) is 4.45. The van der Waals surface area contributed by atoms with E-state index >= 15 is 0 Å². The largest absolute Gasteiger partial charge is 0.416 e. The summed E-state index contributed by atoms with van der Waals surface area (Å²) in [4.78, 5) is 3.84. The third-order valence-electron chi connectivity index (χ3n) is 2.90. The van der Waals surface area contributed by atoms with Crippen LogP contribution < -0.4 is 5.32 Å². The van der Waals surface area contributed by atoms with Crippen molar-refractivity contribution < 1.29 is 13.2 Å². The highest BCUT2D eigenvalue weighted by molar-refractivity contribution is 5.42. The number of halogens is 3. The maximum atomic E-state index is 13.1. The van der Waals surface area contributed by atoms with Crippen LogP contribution in [0.2, 0.25) is 0 Å². The Hall–Kier alpha value is -1.82. The summed E-state index contributed by atoms with van der Waals surface area (Å²) < 4.78 is 41.0. The molecule has 2 rings (SSSR count). The first-order chi connectivity index (χ1) is 9.38. The van der Waals surface area contributed by atoms with Crippen molar-refractivity contribution >= 4 is 0 Å². The number of aromatic nitrogens is 2. The van der Waals surface area contributed by atoms with Crippen LogP contribution in [-0.4, -0.2) is 15.6 Å². The van der Waals surface area contributed by atoms with Crippen LogP contribution >= 0.6 is 0 Å². The third-order valence-corrected chi connectivity index (χ3v) is 2.90. The normalized spacial score (nSPS) is 12.1. The first-order valence-electron chi connectivity index (χ1n) is 6.30. The fourth-order valence-corrected chi connectivity index (χ4v) is 1.87. The monoisotopic (exact) mass is 283 g/mol. The zero-order valence-corrected chi connectivity index (χ0v) is 11.3. The number of benzene rings is 1. The molecule has 1 heterocycles. The lowest BCUT2D eigenvalue weighted by atomic mass is 10.1. The van der Waals surface area contributed by atoms with Crippen LogP contribution in [0, 0.1) is 0 Å². The Kier molecular flexibility index (Phi) is 4.13. The van der Waals surface area contributed by atoms with Gasteiger partial charge in [-0.05, 0) is 17.7 Å². The lowest BCUT2D eigenvalue weighted by Gasteiger charge is -2.16. The maximum Gasteiger partial charge on any atom is 0.416 e. The Morgan fingerprint density at radius 1 is 1.30 bits per heavy atom. The predicted octanol–water partition coefficient (Wildman–Crippen LogP) is 3.39. The van der Waals surface area contributed by atoms with E-state index in [4.69, 9.17) is 0 Å². The standard InChI is InChI=1S/C14H16F3N3/c1-10(2)19-8-11-3-4-12(20-6-5-18-9-20)7-13(11)14(15,16)17/h3-7,9-10,19H,8H2,1-2H3. The van der Waals surface area contributed by atoms with Gasteiger partial charge in [-0.25, -0.2) is 4.98 Å². The molecule has 0 fully saturated rings. The molecule has 1 aromatic carbocycles. The summed E-state index contributed by atoms with van der Waals surface area (Å²) in [5.41, 5.74) is 0.0787. The first-order valence-corrected chi connectivity index (χ1v) is 6.30. The topological polar surface area (TPSA) is 29.9 Å². The van der Waals surface area contributed by atoms with Crippen molar-refractivity contribution in [3.05, 3.63) is 48.0 Å². The average Bonchev–Trinajstić information content (AvgIpc) is 2.88. The van der Waals surface area contributed by atoms with E-state index in [9.17, 15) is 13.2 Å². The molecule has 3 nitrogen and oxygen atoms in total. The minimum atomic E-state index is -4.37. The number of hydrogen-bond acceptors (Lipinski definition) is 2. The van der Waals surface area contributed by atoms with Gasteiger partial charge in [0.25, 0.3) is 0 Å². The Labute approximate surface area is 115 Å². The van der Waals surface area contributed by atoms with Crippen molar-refractivity contribution in [3.63, 3.8) is 0 Å². The van der Waals surface area contributed by atoms with Crippen LogP contribution in [0.5, 0.6) is 0 Å². The van der Waals surface area contributed by atoms with E-state index in [1.165, 1.54) is 18.6 Å². The summed E-state index contributed by atoms with van der Waals surface area (Å²) in [6.45, 7) is 3.98. The van der Waals surface area contributed by atoms with Crippen molar-refractivity contribution in [2.75, 3.05) is 0 Å². The van der Waals surface area contributed by atoms with Gasteiger partial charge in [-0.1, -0.05) is 19.9 Å². The number of hydrogen-bond donors (Lipinski definition) is 1. The molecule has 0 aliphatic carbocycles. The van der Waals surface area contributed by atoms with Crippen LogP contribution in [0.1, 0.15) is 25.0 Å². The van der Waals surface area contributed by atoms with Crippen molar-refractivity contribution in [2.45, 2.75) is 32.6 Å². The van der Waals surface area contributed by atoms with Gasteiger partial charge in [0.05, 0.1) is 11.9 Å². The predicted molar refractivity (Wildman–Crippen MR) is 70.5 cm³/mol. The van der Waals surface area contributed by atoms with Gasteiger partial charge in [-0.15, -0.1) is 0 Å². The van der Waals surface area contributed by atoms with Gasteiger partial charge in [0.15, 0.2) is 0 Å². The quantitative estimate of drug-likeness (QED) is 0.932. The molecule has 0 radical (unpaired) electrons. The fourth-order valence-electron chi connectivity index (χ4n) is 1.87. The van der Waals surface area contributed by atoms with Gasteiger partial charge >= 0.3 is 6.18 Å². The molecular formula is C14H16F3N3. The smallest absolute Gasteiger partial charge is 0.310 e. The second kappa shape index (κ2) is 5.66. The highest BCUT2D eigenvalue weighted by Gasteiger charge is 2.33. The Bertz CT molecular complexity index is 560. The Balaban J connectivity index is 2.38. The van der Waals surface area contributed by atoms with E-state index in [1.54, 1.807) is 16.8 Å². The third kappa shape index (κ3) is 3.39. The van der Waals surface area contributed by atoms with Crippen molar-refractivity contribution in [1.29, 1.82) is 0 Å². The fraction of sp³-hybridized carbons (Fsp3) is 0.357. The van der Waals surface area contributed by atoms with Gasteiger partial charge in [0.2, 0.25) is 0 Å². The molecule has 0 saturated carbocycles. The van der Waals surface area contributed by atoms with Crippen LogP contribution in [0.3, 0.4) is 0 Å². The molecule has 0 atom stereocenters. The van der Waals surface area contributed by atoms with Crippen LogP contribution in [0.25, 0.3) is 5.69 Å². The molecule has 20 heavy (non-hydrogen) atoms. The first kappa shape index (κ1) is 14.6. The van der Waals surface area contributed by atoms with E-state index in [1.807, 2.05) is 13.8 Å². The van der Waals surface area contributed by atoms with E-state index in [0.29, 0.717) is 5.69 Å². The van der Waals surface area contributed by atoms with Crippen molar-refractivity contribution in [2.24, 2.45) is 0 Å². The van der Waals surface area contributed by atoms with Crippen LogP contribution in [0.15, 0.2) is 36.9 Å². The molecule has 0 spiro atoms. The molecule has 1 aromatic heterocycles. The molecule has 108 valence electrons. The van der Waals surface area contributed by atoms with E-state index in [-0.39, 0.29) is 18.2 Å². The second-order valence-corrected chi connectivity index (χ2v) is 4.84. The van der Waals surface area contributed by atoms with Gasteiger partial charge in [0.1, 0.15) is 0 Å². The molecule has 1 N–H and O–H groups in total. The van der Waals surface area contributed by atoms with Gasteiger partial charge in [-0.3, -0.25) is 0 Å². The van der Waals surface area contributed by atoms with E-state index in [0.717, 1.165) is 6.07 Å². The average molecular weight is 283 g/mol. The second-order valence-electron chi connectivity index (χ2n) is 4.84. The lowest BCUT2D eigenvalue weighted by molar-refractivity contribution is -0.138. The molecule has 0 bridgehead atoms. The van der Waals surface area contributed by atoms with Gasteiger partial charge < -0.3 is 9.88 Å². The zero-order chi connectivity index (χ0) is 14.8. The summed E-state index contributed by atoms with van der Waals surface area (Å²) in [5, 5.41) is 3.01. The number of alkyl halides is 3. The maximum absolute atomic E-state index is 13.1. The van der Waals surface area contributed by atoms with Crippen molar-refractivity contribution in [1.82, 2.24) is 14.9 Å². The molecule has 2 aromatic rings.